The van der Waals surface area contributed by atoms with Crippen molar-refractivity contribution in [3.63, 3.8) is 0 Å². The van der Waals surface area contributed by atoms with Gasteiger partial charge in [0.1, 0.15) is 5.52 Å². The topological polar surface area (TPSA) is 78.2 Å². The first kappa shape index (κ1) is 14.8. The number of oxazole rings is 2. The van der Waals surface area contributed by atoms with Gasteiger partial charge in [-0.1, -0.05) is 36.0 Å². The second kappa shape index (κ2) is 6.01. The molecule has 0 atom stereocenters. The second-order valence-corrected chi connectivity index (χ2v) is 6.16. The zero-order valence-electron chi connectivity index (χ0n) is 12.5. The van der Waals surface area contributed by atoms with E-state index < -0.39 is 5.76 Å². The Morgan fingerprint density at radius 3 is 2.62 bits per heavy atom. The lowest BCUT2D eigenvalue weighted by molar-refractivity contribution is 0.0907. The van der Waals surface area contributed by atoms with Crippen molar-refractivity contribution in [1.29, 1.82) is 0 Å². The molecule has 0 fully saturated rings. The lowest BCUT2D eigenvalue weighted by atomic mass is 10.3. The maximum Gasteiger partial charge on any atom is 0.426 e. The fourth-order valence-electron chi connectivity index (χ4n) is 2.45. The van der Waals surface area contributed by atoms with Crippen molar-refractivity contribution < 1.29 is 13.6 Å². The summed E-state index contributed by atoms with van der Waals surface area (Å²) in [5.74, 6) is -0.515. The quantitative estimate of drug-likeness (QED) is 0.529. The predicted octanol–water partition coefficient (Wildman–Crippen LogP) is 3.56. The summed E-state index contributed by atoms with van der Waals surface area (Å²) in [5, 5.41) is 0.508. The van der Waals surface area contributed by atoms with Gasteiger partial charge in [0.25, 0.3) is 5.22 Å². The van der Waals surface area contributed by atoms with E-state index in [9.17, 15) is 9.59 Å². The van der Waals surface area contributed by atoms with E-state index in [1.807, 2.05) is 24.3 Å². The van der Waals surface area contributed by atoms with Gasteiger partial charge in [0.2, 0.25) is 5.91 Å². The van der Waals surface area contributed by atoms with Gasteiger partial charge in [-0.25, -0.2) is 14.3 Å². The minimum atomic E-state index is -0.659. The van der Waals surface area contributed by atoms with Crippen molar-refractivity contribution in [1.82, 2.24) is 9.55 Å². The molecule has 0 amide bonds. The smallest absolute Gasteiger partial charge is 0.426 e. The van der Waals surface area contributed by atoms with Crippen molar-refractivity contribution in [2.24, 2.45) is 0 Å². The lowest BCUT2D eigenvalue weighted by Crippen LogP contribution is -2.22. The largest absolute Gasteiger partial charge is 0.431 e. The third-order valence-electron chi connectivity index (χ3n) is 3.55. The third-order valence-corrected chi connectivity index (χ3v) is 4.38. The monoisotopic (exact) mass is 340 g/mol. The Hall–Kier alpha value is -2.80. The molecular weight excluding hydrogens is 328 g/mol. The minimum absolute atomic E-state index is 0.173. The summed E-state index contributed by atoms with van der Waals surface area (Å²) in [6.45, 7) is 0. The van der Waals surface area contributed by atoms with Crippen LogP contribution in [0.25, 0.3) is 22.2 Å². The molecule has 0 N–H and O–H groups in total. The van der Waals surface area contributed by atoms with Crippen molar-refractivity contribution in [3.05, 3.63) is 59.1 Å². The average molecular weight is 340 g/mol. The Morgan fingerprint density at radius 1 is 1.04 bits per heavy atom. The highest BCUT2D eigenvalue weighted by atomic mass is 32.2. The normalized spacial score (nSPS) is 11.3. The van der Waals surface area contributed by atoms with Crippen LogP contribution in [0.5, 0.6) is 0 Å². The maximum absolute atomic E-state index is 12.3. The summed E-state index contributed by atoms with van der Waals surface area (Å²) in [6, 6.07) is 14.3. The number of carbonyl (C=O) groups excluding carboxylic acids is 1. The van der Waals surface area contributed by atoms with E-state index in [4.69, 9.17) is 8.83 Å². The predicted molar refractivity (Wildman–Crippen MR) is 90.5 cm³/mol. The summed E-state index contributed by atoms with van der Waals surface area (Å²) in [6.07, 6.45) is 0.173. The summed E-state index contributed by atoms with van der Waals surface area (Å²) >= 11 is 1.34. The summed E-state index contributed by atoms with van der Waals surface area (Å²) in [5.41, 5.74) is 2.38. The number of fused-ring (bicyclic) bond motifs is 2. The van der Waals surface area contributed by atoms with E-state index in [2.05, 4.69) is 4.98 Å². The number of nitrogens with zero attached hydrogens (tertiary/aromatic N) is 2. The molecule has 4 rings (SSSR count). The molecule has 0 spiro atoms. The molecule has 7 heteroatoms. The third kappa shape index (κ3) is 2.63. The van der Waals surface area contributed by atoms with Gasteiger partial charge in [0.05, 0.1) is 5.52 Å². The van der Waals surface area contributed by atoms with Crippen molar-refractivity contribution in [2.75, 3.05) is 5.75 Å². The summed E-state index contributed by atoms with van der Waals surface area (Å²) in [4.78, 5) is 28.5. The Labute approximate surface area is 140 Å². The van der Waals surface area contributed by atoms with E-state index >= 15 is 0 Å². The number of benzene rings is 2. The Balaban J connectivity index is 1.48. The van der Waals surface area contributed by atoms with Crippen LogP contribution in [0.15, 0.2) is 67.4 Å². The van der Waals surface area contributed by atoms with E-state index in [0.29, 0.717) is 27.7 Å². The van der Waals surface area contributed by atoms with Gasteiger partial charge in [-0.2, -0.15) is 0 Å². The van der Waals surface area contributed by atoms with Crippen LogP contribution in [0.2, 0.25) is 0 Å². The van der Waals surface area contributed by atoms with Gasteiger partial charge < -0.3 is 8.83 Å². The van der Waals surface area contributed by atoms with Gasteiger partial charge in [-0.3, -0.25) is 4.79 Å². The van der Waals surface area contributed by atoms with Crippen LogP contribution in [0.3, 0.4) is 0 Å². The SMILES string of the molecule is O=C(CCSc1nc2ccccc2o1)n1c(=O)oc2ccccc21. The molecule has 6 nitrogen and oxygen atoms in total. The molecule has 4 aromatic rings. The van der Waals surface area contributed by atoms with Crippen LogP contribution in [0.4, 0.5) is 0 Å². The number of hydrogen-bond acceptors (Lipinski definition) is 6. The maximum atomic E-state index is 12.3. The fraction of sp³-hybridized carbons (Fsp3) is 0.118. The number of aromatic nitrogens is 2. The van der Waals surface area contributed by atoms with E-state index in [-0.39, 0.29) is 12.3 Å². The van der Waals surface area contributed by atoms with Crippen LogP contribution < -0.4 is 5.76 Å². The first-order valence-corrected chi connectivity index (χ1v) is 8.33. The van der Waals surface area contributed by atoms with Gasteiger partial charge in [0.15, 0.2) is 11.2 Å². The number of hydrogen-bond donors (Lipinski definition) is 0. The van der Waals surface area contributed by atoms with Crippen LogP contribution >= 0.6 is 11.8 Å². The van der Waals surface area contributed by atoms with Crippen molar-refractivity contribution in [2.45, 2.75) is 11.6 Å². The van der Waals surface area contributed by atoms with E-state index in [0.717, 1.165) is 10.1 Å². The van der Waals surface area contributed by atoms with E-state index in [1.54, 1.807) is 24.3 Å². The van der Waals surface area contributed by atoms with Crippen LogP contribution in [0.1, 0.15) is 11.2 Å². The molecule has 0 unspecified atom stereocenters. The molecule has 2 aromatic carbocycles. The highest BCUT2D eigenvalue weighted by Gasteiger charge is 2.16. The second-order valence-electron chi connectivity index (χ2n) is 5.11. The zero-order valence-corrected chi connectivity index (χ0v) is 13.3. The molecule has 0 radical (unpaired) electrons. The number of para-hydroxylation sites is 4. The molecule has 2 heterocycles. The molecule has 0 aliphatic heterocycles. The van der Waals surface area contributed by atoms with Gasteiger partial charge >= 0.3 is 5.76 Å². The highest BCUT2D eigenvalue weighted by molar-refractivity contribution is 7.99. The molecule has 0 saturated heterocycles. The molecule has 120 valence electrons. The molecule has 0 saturated carbocycles. The first-order chi connectivity index (χ1) is 11.7. The van der Waals surface area contributed by atoms with E-state index in [1.165, 1.54) is 11.8 Å². The van der Waals surface area contributed by atoms with Crippen LogP contribution in [-0.2, 0) is 0 Å². The molecule has 0 aliphatic rings. The molecule has 2 aromatic heterocycles. The fourth-order valence-corrected chi connectivity index (χ4v) is 3.22. The van der Waals surface area contributed by atoms with Crippen LogP contribution in [0, 0.1) is 0 Å². The number of carbonyl (C=O) groups is 1. The first-order valence-electron chi connectivity index (χ1n) is 7.34. The zero-order chi connectivity index (χ0) is 16.5. The molecule has 0 aliphatic carbocycles. The minimum Gasteiger partial charge on any atom is -0.431 e. The van der Waals surface area contributed by atoms with Gasteiger partial charge in [-0.15, -0.1) is 0 Å². The summed E-state index contributed by atoms with van der Waals surface area (Å²) in [7, 11) is 0. The number of rotatable bonds is 4. The van der Waals surface area contributed by atoms with Gasteiger partial charge in [0, 0.05) is 12.2 Å². The molecule has 24 heavy (non-hydrogen) atoms. The van der Waals surface area contributed by atoms with Crippen molar-refractivity contribution >= 4 is 39.9 Å². The van der Waals surface area contributed by atoms with Crippen molar-refractivity contribution in [3.8, 4) is 0 Å². The number of thioether (sulfide) groups is 1. The lowest BCUT2D eigenvalue weighted by Gasteiger charge is -1.99. The highest BCUT2D eigenvalue weighted by Crippen LogP contribution is 2.23. The van der Waals surface area contributed by atoms with Gasteiger partial charge in [-0.05, 0) is 24.3 Å². The Morgan fingerprint density at radius 2 is 1.79 bits per heavy atom. The molecule has 0 bridgehead atoms. The Kier molecular flexibility index (Phi) is 3.70. The average Bonchev–Trinajstić information content (AvgIpc) is 3.13. The molecular formula is C17H12N2O4S. The standard InChI is InChI=1S/C17H12N2O4S/c20-15(19-12-6-2-4-8-14(12)23-17(19)21)9-10-24-16-18-11-5-1-3-7-13(11)22-16/h1-8H,9-10H2. The van der Waals surface area contributed by atoms with Crippen LogP contribution in [-0.4, -0.2) is 21.2 Å². The summed E-state index contributed by atoms with van der Waals surface area (Å²) < 4.78 is 11.7. The Bertz CT molecular complexity index is 1060.